The Morgan fingerprint density at radius 1 is 1.44 bits per heavy atom. The predicted octanol–water partition coefficient (Wildman–Crippen LogP) is 1.84. The lowest BCUT2D eigenvalue weighted by Gasteiger charge is -2.16. The highest BCUT2D eigenvalue weighted by molar-refractivity contribution is 7.47. The zero-order chi connectivity index (χ0) is 13.7. The number of para-hydroxylation sites is 1. The Balaban J connectivity index is 3.24. The number of nitrogens with zero attached hydrogens (tertiary/aromatic N) is 1. The summed E-state index contributed by atoms with van der Waals surface area (Å²) >= 11 is 4.27. The maximum Gasteiger partial charge on any atom is 0.356 e. The van der Waals surface area contributed by atoms with Crippen LogP contribution in [0.2, 0.25) is 0 Å². The number of carbonyl (C=O) groups excluding carboxylic acids is 2. The summed E-state index contributed by atoms with van der Waals surface area (Å²) in [6.07, 6.45) is -0.121. The summed E-state index contributed by atoms with van der Waals surface area (Å²) in [5.41, 5.74) is 5.55. The van der Waals surface area contributed by atoms with Crippen molar-refractivity contribution >= 4 is 30.1 Å². The predicted molar refractivity (Wildman–Crippen MR) is 69.5 cm³/mol. The normalized spacial score (nSPS) is 9.94. The van der Waals surface area contributed by atoms with Gasteiger partial charge in [0.15, 0.2) is 0 Å². The molecule has 0 unspecified atom stereocenters. The molecule has 1 aromatic rings. The van der Waals surface area contributed by atoms with E-state index in [4.69, 9.17) is 10.5 Å². The van der Waals surface area contributed by atoms with Gasteiger partial charge in [-0.15, -0.1) is 4.36 Å². The number of nitrogens with one attached hydrogen (secondary N) is 1. The van der Waals surface area contributed by atoms with Gasteiger partial charge in [0, 0.05) is 12.4 Å². The highest BCUT2D eigenvalue weighted by Crippen LogP contribution is 2.29. The van der Waals surface area contributed by atoms with Crippen LogP contribution in [0.4, 0.5) is 10.5 Å². The number of anilines is 1. The summed E-state index contributed by atoms with van der Waals surface area (Å²) in [6.45, 7) is 3.64. The molecule has 0 saturated carbocycles. The van der Waals surface area contributed by atoms with Crippen LogP contribution in [0.3, 0.4) is 0 Å². The molecule has 3 amide bonds. The SMILES string of the molecule is CC(C)Oc1cccc(C(N)=O)c1NC(=O)N=S. The number of ether oxygens (including phenoxy) is 1. The largest absolute Gasteiger partial charge is 0.489 e. The van der Waals surface area contributed by atoms with Gasteiger partial charge in [0.1, 0.15) is 5.75 Å². The van der Waals surface area contributed by atoms with E-state index < -0.39 is 11.9 Å². The zero-order valence-corrected chi connectivity index (χ0v) is 10.8. The highest BCUT2D eigenvalue weighted by Gasteiger charge is 2.16. The molecule has 7 heteroatoms. The molecule has 96 valence electrons. The van der Waals surface area contributed by atoms with Crippen LogP contribution in [-0.4, -0.2) is 18.0 Å². The van der Waals surface area contributed by atoms with Crippen molar-refractivity contribution in [1.29, 1.82) is 0 Å². The Kier molecular flexibility index (Phi) is 4.73. The first-order valence-corrected chi connectivity index (χ1v) is 5.56. The maximum absolute atomic E-state index is 11.3. The summed E-state index contributed by atoms with van der Waals surface area (Å²) in [5, 5.41) is 2.38. The molecular weight excluding hydrogens is 254 g/mol. The Morgan fingerprint density at radius 2 is 2.11 bits per heavy atom. The maximum atomic E-state index is 11.3. The first-order valence-electron chi connectivity index (χ1n) is 5.19. The van der Waals surface area contributed by atoms with Gasteiger partial charge in [-0.25, -0.2) is 4.79 Å². The molecule has 0 atom stereocenters. The number of carbonyl (C=O) groups is 2. The molecule has 0 saturated heterocycles. The topological polar surface area (TPSA) is 93.8 Å². The molecule has 0 heterocycles. The Hall–Kier alpha value is -2.02. The second-order valence-electron chi connectivity index (χ2n) is 3.73. The van der Waals surface area contributed by atoms with Gasteiger partial charge in [0.25, 0.3) is 5.91 Å². The second-order valence-corrected chi connectivity index (χ2v) is 3.91. The molecule has 0 bridgehead atoms. The van der Waals surface area contributed by atoms with Crippen LogP contribution in [0, 0.1) is 0 Å². The van der Waals surface area contributed by atoms with Crippen LogP contribution in [0.5, 0.6) is 5.75 Å². The van der Waals surface area contributed by atoms with E-state index in [1.54, 1.807) is 12.1 Å². The number of urea groups is 1. The molecule has 0 radical (unpaired) electrons. The fourth-order valence-electron chi connectivity index (χ4n) is 1.35. The van der Waals surface area contributed by atoms with Gasteiger partial charge in [0.05, 0.1) is 17.4 Å². The van der Waals surface area contributed by atoms with Crippen molar-refractivity contribution in [3.05, 3.63) is 23.8 Å². The molecule has 3 N–H and O–H groups in total. The fourth-order valence-corrected chi connectivity index (χ4v) is 1.39. The first kappa shape index (κ1) is 14.0. The Bertz CT molecular complexity index is 488. The molecule has 0 fully saturated rings. The van der Waals surface area contributed by atoms with E-state index in [2.05, 4.69) is 22.1 Å². The molecular formula is C11H13N3O3S. The van der Waals surface area contributed by atoms with Crippen LogP contribution >= 0.6 is 0 Å². The van der Waals surface area contributed by atoms with Crippen LogP contribution in [0.15, 0.2) is 22.6 Å². The standard InChI is InChI=1S/C11H13N3O3S/c1-6(2)17-8-5-3-4-7(10(12)15)9(8)13-11(16)14-18/h3-6H,1-2H3,(H2,12,15)(H,13,16). The van der Waals surface area contributed by atoms with E-state index >= 15 is 0 Å². The number of amides is 3. The van der Waals surface area contributed by atoms with Crippen LogP contribution in [0.1, 0.15) is 24.2 Å². The molecule has 0 aromatic heterocycles. The van der Waals surface area contributed by atoms with Crippen LogP contribution in [-0.2, 0) is 12.4 Å². The second kappa shape index (κ2) is 6.06. The van der Waals surface area contributed by atoms with Gasteiger partial charge >= 0.3 is 6.03 Å². The smallest absolute Gasteiger partial charge is 0.356 e. The molecule has 6 nitrogen and oxygen atoms in total. The van der Waals surface area contributed by atoms with E-state index in [-0.39, 0.29) is 17.4 Å². The number of benzene rings is 1. The first-order chi connectivity index (χ1) is 8.45. The van der Waals surface area contributed by atoms with Gasteiger partial charge < -0.3 is 15.8 Å². The Morgan fingerprint density at radius 3 is 2.61 bits per heavy atom. The third-order valence-corrected chi connectivity index (χ3v) is 2.14. The van der Waals surface area contributed by atoms with Gasteiger partial charge in [-0.05, 0) is 26.0 Å². The summed E-state index contributed by atoms with van der Waals surface area (Å²) in [4.78, 5) is 22.5. The minimum atomic E-state index is -0.757. The number of primary amides is 1. The zero-order valence-electron chi connectivity index (χ0n) is 9.97. The van der Waals surface area contributed by atoms with Crippen LogP contribution in [0.25, 0.3) is 0 Å². The van der Waals surface area contributed by atoms with E-state index in [1.807, 2.05) is 13.8 Å². The Labute approximate surface area is 110 Å². The fraction of sp³-hybridized carbons (Fsp3) is 0.273. The van der Waals surface area contributed by atoms with Crippen molar-refractivity contribution in [3.63, 3.8) is 0 Å². The molecule has 1 rings (SSSR count). The summed E-state index contributed by atoms with van der Waals surface area (Å²) in [5.74, 6) is -0.336. The average molecular weight is 267 g/mol. The average Bonchev–Trinajstić information content (AvgIpc) is 2.30. The molecule has 0 aliphatic carbocycles. The molecule has 1 aromatic carbocycles. The van der Waals surface area contributed by atoms with Gasteiger partial charge in [-0.3, -0.25) is 4.79 Å². The van der Waals surface area contributed by atoms with E-state index in [1.165, 1.54) is 6.07 Å². The van der Waals surface area contributed by atoms with Gasteiger partial charge in [0.2, 0.25) is 0 Å². The van der Waals surface area contributed by atoms with Crippen molar-refractivity contribution in [2.24, 2.45) is 10.1 Å². The van der Waals surface area contributed by atoms with Crippen molar-refractivity contribution < 1.29 is 14.3 Å². The number of hydrogen-bond acceptors (Lipinski definition) is 4. The minimum absolute atomic E-state index is 0.121. The molecule has 0 aliphatic heterocycles. The minimum Gasteiger partial charge on any atom is -0.489 e. The monoisotopic (exact) mass is 267 g/mol. The molecule has 0 spiro atoms. The van der Waals surface area contributed by atoms with E-state index in [0.717, 1.165) is 0 Å². The van der Waals surface area contributed by atoms with Crippen molar-refractivity contribution in [3.8, 4) is 5.75 Å². The number of hydrogen-bond donors (Lipinski definition) is 2. The lowest BCUT2D eigenvalue weighted by molar-refractivity contribution is 0.100. The van der Waals surface area contributed by atoms with Crippen molar-refractivity contribution in [2.45, 2.75) is 20.0 Å². The lowest BCUT2D eigenvalue weighted by atomic mass is 10.1. The summed E-state index contributed by atoms with van der Waals surface area (Å²) in [6, 6.07) is 3.95. The highest BCUT2D eigenvalue weighted by atomic mass is 32.1. The van der Waals surface area contributed by atoms with E-state index in [9.17, 15) is 9.59 Å². The van der Waals surface area contributed by atoms with Crippen LogP contribution < -0.4 is 15.8 Å². The van der Waals surface area contributed by atoms with Crippen molar-refractivity contribution in [2.75, 3.05) is 5.32 Å². The quantitative estimate of drug-likeness (QED) is 0.870. The third-order valence-electron chi connectivity index (χ3n) is 1.97. The number of nitrogens with two attached hydrogens (primary N) is 1. The van der Waals surface area contributed by atoms with Crippen molar-refractivity contribution in [1.82, 2.24) is 0 Å². The molecule has 0 aliphatic rings. The summed E-state index contributed by atoms with van der Waals surface area (Å²) in [7, 11) is 0. The van der Waals surface area contributed by atoms with Gasteiger partial charge in [-0.1, -0.05) is 6.07 Å². The third kappa shape index (κ3) is 3.49. The lowest BCUT2D eigenvalue weighted by Crippen LogP contribution is -2.18. The van der Waals surface area contributed by atoms with E-state index in [0.29, 0.717) is 5.75 Å². The summed E-state index contributed by atoms with van der Waals surface area (Å²) < 4.78 is 8.51. The number of rotatable bonds is 4. The molecule has 18 heavy (non-hydrogen) atoms. The van der Waals surface area contributed by atoms with Gasteiger partial charge in [-0.2, -0.15) is 0 Å².